The van der Waals surface area contributed by atoms with E-state index in [1.165, 1.54) is 0 Å². The largest absolute Gasteiger partial charge is 0.393 e. The molecule has 0 aromatic heterocycles. The van der Waals surface area contributed by atoms with Gasteiger partial charge in [-0.15, -0.1) is 0 Å². The van der Waals surface area contributed by atoms with E-state index in [1.54, 1.807) is 7.11 Å². The van der Waals surface area contributed by atoms with Crippen LogP contribution in [0.2, 0.25) is 0 Å². The molecule has 2 unspecified atom stereocenters. The minimum Gasteiger partial charge on any atom is -0.393 e. The number of methoxy groups -OCH3 is 1. The Morgan fingerprint density at radius 3 is 1.94 bits per heavy atom. The Hall–Kier alpha value is -0.940. The minimum absolute atomic E-state index is 0.0589. The lowest BCUT2D eigenvalue weighted by Crippen LogP contribution is -2.56. The number of nitrogens with one attached hydrogen (secondary N) is 1. The molecular weight excluding hydrogens is 438 g/mol. The van der Waals surface area contributed by atoms with Crippen molar-refractivity contribution in [2.45, 2.75) is 146 Å². The van der Waals surface area contributed by atoms with Crippen LogP contribution in [0, 0.1) is 28.1 Å². The van der Waals surface area contributed by atoms with Crippen LogP contribution in [0.1, 0.15) is 128 Å². The summed E-state index contributed by atoms with van der Waals surface area (Å²) in [7, 11) is 1.74. The molecule has 2 rings (SSSR count). The van der Waals surface area contributed by atoms with Crippen molar-refractivity contribution >= 4 is 11.7 Å². The zero-order valence-electron chi connectivity index (χ0n) is 25.2. The molecule has 0 aromatic carbocycles. The maximum Gasteiger partial charge on any atom is 0.225 e. The summed E-state index contributed by atoms with van der Waals surface area (Å²) >= 11 is 0. The molecule has 2 fully saturated rings. The molecule has 0 aliphatic heterocycles. The van der Waals surface area contributed by atoms with Crippen LogP contribution in [0.25, 0.3) is 0 Å². The van der Waals surface area contributed by atoms with Crippen LogP contribution in [-0.4, -0.2) is 42.2 Å². The van der Waals surface area contributed by atoms with E-state index >= 15 is 0 Å². The third kappa shape index (κ3) is 10.9. The fourth-order valence-corrected chi connectivity index (χ4v) is 5.68. The number of rotatable bonds is 7. The zero-order chi connectivity index (χ0) is 27.6. The number of aliphatic hydroxyl groups excluding tert-OH is 1. The minimum atomic E-state index is -0.357. The number of amides is 1. The summed E-state index contributed by atoms with van der Waals surface area (Å²) in [5.74, 6) is 1.09. The monoisotopic (exact) mass is 497 g/mol. The van der Waals surface area contributed by atoms with Crippen LogP contribution in [0.15, 0.2) is 0 Å². The van der Waals surface area contributed by atoms with Gasteiger partial charge in [-0.3, -0.25) is 9.59 Å². The molecule has 208 valence electrons. The molecular formula is C30H59NO4. The van der Waals surface area contributed by atoms with Crippen LogP contribution in [0.4, 0.5) is 0 Å². The number of ketones is 1. The first kappa shape index (κ1) is 34.1. The van der Waals surface area contributed by atoms with Gasteiger partial charge < -0.3 is 15.2 Å². The standard InChI is InChI=1S/C21H39NO2.C7H14O2.C2H6/c1-10-16(23)15-12-20(6,7)17(13-19(15,4)5)22-18(24)21(8,9)11-14(2)3;1-9-7-4-2-6(8)3-5-7;1-2/h14-15,17H,10-13H2,1-9H3,(H,22,24);6-8H,2-5H2,1H3;1-2H3. The first-order valence-electron chi connectivity index (χ1n) is 14.1. The van der Waals surface area contributed by atoms with Crippen molar-refractivity contribution in [3.05, 3.63) is 0 Å². The Kier molecular flexibility index (Phi) is 14.3. The molecule has 2 atom stereocenters. The Morgan fingerprint density at radius 1 is 1.00 bits per heavy atom. The van der Waals surface area contributed by atoms with E-state index in [4.69, 9.17) is 9.84 Å². The molecule has 0 bridgehead atoms. The second kappa shape index (κ2) is 14.7. The molecule has 0 saturated heterocycles. The number of aliphatic hydroxyl groups is 1. The van der Waals surface area contributed by atoms with E-state index < -0.39 is 0 Å². The summed E-state index contributed by atoms with van der Waals surface area (Å²) in [4.78, 5) is 25.3. The molecule has 0 heterocycles. The van der Waals surface area contributed by atoms with E-state index in [-0.39, 0.29) is 40.2 Å². The Balaban J connectivity index is 0.000000870. The number of hydrogen-bond donors (Lipinski definition) is 2. The van der Waals surface area contributed by atoms with Crippen molar-refractivity contribution in [3.8, 4) is 0 Å². The van der Waals surface area contributed by atoms with E-state index in [9.17, 15) is 9.59 Å². The van der Waals surface area contributed by atoms with Gasteiger partial charge in [0.2, 0.25) is 5.91 Å². The molecule has 0 radical (unpaired) electrons. The summed E-state index contributed by atoms with van der Waals surface area (Å²) in [6, 6.07) is 0.118. The molecule has 5 nitrogen and oxygen atoms in total. The third-order valence-electron chi connectivity index (χ3n) is 7.90. The van der Waals surface area contributed by atoms with Gasteiger partial charge in [0, 0.05) is 30.9 Å². The SMILES string of the molecule is CC.CCC(=O)C1CC(C)(C)C(NC(=O)C(C)(C)CC(C)C)CC1(C)C.COC1CCC(O)CC1. The smallest absolute Gasteiger partial charge is 0.225 e. The second-order valence-electron chi connectivity index (χ2n) is 12.9. The summed E-state index contributed by atoms with van der Waals surface area (Å²) in [6.07, 6.45) is 7.42. The van der Waals surface area contributed by atoms with E-state index in [0.717, 1.165) is 44.9 Å². The lowest BCUT2D eigenvalue weighted by atomic mass is 9.57. The lowest BCUT2D eigenvalue weighted by molar-refractivity contribution is -0.136. The summed E-state index contributed by atoms with van der Waals surface area (Å²) in [5.41, 5.74) is -0.484. The summed E-state index contributed by atoms with van der Waals surface area (Å²) in [5, 5.41) is 12.4. The lowest BCUT2D eigenvalue weighted by Gasteiger charge is -2.51. The number of ether oxygens (including phenoxy) is 1. The van der Waals surface area contributed by atoms with E-state index in [1.807, 2.05) is 34.6 Å². The Labute approximate surface area is 217 Å². The average molecular weight is 498 g/mol. The zero-order valence-corrected chi connectivity index (χ0v) is 25.2. The number of carbonyl (C=O) groups is 2. The van der Waals surface area contributed by atoms with Crippen LogP contribution < -0.4 is 5.32 Å². The van der Waals surface area contributed by atoms with Crippen LogP contribution in [-0.2, 0) is 14.3 Å². The number of Topliss-reactive ketones (excluding diaryl/α,β-unsaturated/α-hetero) is 1. The molecule has 1 amide bonds. The highest BCUT2D eigenvalue weighted by Gasteiger charge is 2.49. The number of carbonyl (C=O) groups excluding carboxylic acids is 2. The van der Waals surface area contributed by atoms with Gasteiger partial charge in [-0.1, -0.05) is 76.2 Å². The van der Waals surface area contributed by atoms with E-state index in [2.05, 4.69) is 46.9 Å². The number of hydrogen-bond acceptors (Lipinski definition) is 4. The third-order valence-corrected chi connectivity index (χ3v) is 7.90. The molecule has 2 aliphatic rings. The van der Waals surface area contributed by atoms with Gasteiger partial charge in [-0.2, -0.15) is 0 Å². The second-order valence-corrected chi connectivity index (χ2v) is 12.9. The van der Waals surface area contributed by atoms with Crippen molar-refractivity contribution < 1.29 is 19.4 Å². The topological polar surface area (TPSA) is 75.6 Å². The van der Waals surface area contributed by atoms with Gasteiger partial charge in [-0.25, -0.2) is 0 Å². The molecule has 0 spiro atoms. The maximum absolute atomic E-state index is 12.9. The fraction of sp³-hybridized carbons (Fsp3) is 0.933. The van der Waals surface area contributed by atoms with Crippen molar-refractivity contribution in [2.75, 3.05) is 7.11 Å². The van der Waals surface area contributed by atoms with Crippen molar-refractivity contribution in [2.24, 2.45) is 28.1 Å². The fourth-order valence-electron chi connectivity index (χ4n) is 5.68. The van der Waals surface area contributed by atoms with Gasteiger partial charge in [0.1, 0.15) is 5.78 Å². The predicted octanol–water partition coefficient (Wildman–Crippen LogP) is 6.95. The van der Waals surface area contributed by atoms with Crippen molar-refractivity contribution in [1.29, 1.82) is 0 Å². The van der Waals surface area contributed by atoms with Crippen molar-refractivity contribution in [3.63, 3.8) is 0 Å². The highest BCUT2D eigenvalue weighted by molar-refractivity contribution is 5.83. The maximum atomic E-state index is 12.9. The predicted molar refractivity (Wildman–Crippen MR) is 147 cm³/mol. The summed E-state index contributed by atoms with van der Waals surface area (Å²) < 4.78 is 5.13. The van der Waals surface area contributed by atoms with Crippen LogP contribution >= 0.6 is 0 Å². The van der Waals surface area contributed by atoms with Gasteiger partial charge >= 0.3 is 0 Å². The molecule has 0 aromatic rings. The average Bonchev–Trinajstić information content (AvgIpc) is 2.77. The van der Waals surface area contributed by atoms with E-state index in [0.29, 0.717) is 24.2 Å². The molecule has 35 heavy (non-hydrogen) atoms. The van der Waals surface area contributed by atoms with Gasteiger partial charge in [0.25, 0.3) is 0 Å². The molecule has 2 N–H and O–H groups in total. The Bertz CT molecular complexity index is 630. The van der Waals surface area contributed by atoms with Gasteiger partial charge in [0.05, 0.1) is 12.2 Å². The van der Waals surface area contributed by atoms with Crippen LogP contribution in [0.3, 0.4) is 0 Å². The normalized spacial score (nSPS) is 27.6. The summed E-state index contributed by atoms with van der Waals surface area (Å²) in [6.45, 7) is 23.1. The molecule has 2 aliphatic carbocycles. The molecule has 5 heteroatoms. The van der Waals surface area contributed by atoms with Crippen molar-refractivity contribution in [1.82, 2.24) is 5.32 Å². The molecule has 2 saturated carbocycles. The highest BCUT2D eigenvalue weighted by Crippen LogP contribution is 2.49. The Morgan fingerprint density at radius 2 is 1.51 bits per heavy atom. The first-order chi connectivity index (χ1) is 16.1. The van der Waals surface area contributed by atoms with Gasteiger partial charge in [0.15, 0.2) is 0 Å². The highest BCUT2D eigenvalue weighted by atomic mass is 16.5. The van der Waals surface area contributed by atoms with Gasteiger partial charge in [-0.05, 0) is 61.7 Å². The van der Waals surface area contributed by atoms with Crippen LogP contribution in [0.5, 0.6) is 0 Å². The quantitative estimate of drug-likeness (QED) is 0.399. The first-order valence-corrected chi connectivity index (χ1v) is 14.1.